The topological polar surface area (TPSA) is 163 Å². The normalized spacial score (nSPS) is 21.4. The Bertz CT molecular complexity index is 2060. The number of anilines is 1. The van der Waals surface area contributed by atoms with Crippen LogP contribution in [0.25, 0.3) is 10.9 Å². The molecule has 3 fully saturated rings. The standard InChI is InChI=1S/C38H42FN5O8S.Na/c1-21(22-12-14-42(16-22)33-28(39)15-26-32(35(33)51-2)43(24-10-11-24)17-27(34(26)46)37(47)48)40-13-6-7-23-20-53-36-29(18-44(36)31(23)38(49)50)41-30(45)19-52-25-8-4-3-5-9-25;/h3-9,15,17,21-22,24,29,36,40H,10-14,16,18-20H2,1-2H3,(H,41,45)(H,47,48)(H,49,50);/q;+1/b7-6+;/t21-,22+,29+,36+;/m0./s1. The summed E-state index contributed by atoms with van der Waals surface area (Å²) in [5.74, 6) is -1.76. The van der Waals surface area contributed by atoms with Crippen molar-refractivity contribution in [3.63, 3.8) is 0 Å². The van der Waals surface area contributed by atoms with Gasteiger partial charge < -0.3 is 44.7 Å². The van der Waals surface area contributed by atoms with E-state index < -0.39 is 28.7 Å². The van der Waals surface area contributed by atoms with Crippen LogP contribution in [0.1, 0.15) is 42.6 Å². The van der Waals surface area contributed by atoms with E-state index >= 15 is 4.39 Å². The number of thioether (sulfide) groups is 1. The molecule has 54 heavy (non-hydrogen) atoms. The predicted octanol–water partition coefficient (Wildman–Crippen LogP) is 0.838. The van der Waals surface area contributed by atoms with E-state index in [1.165, 1.54) is 13.3 Å². The van der Waals surface area contributed by atoms with Crippen LogP contribution in [-0.4, -0.2) is 101 Å². The summed E-state index contributed by atoms with van der Waals surface area (Å²) in [4.78, 5) is 53.4. The Morgan fingerprint density at radius 1 is 1.11 bits per heavy atom. The zero-order chi connectivity index (χ0) is 37.4. The number of amides is 1. The fourth-order valence-electron chi connectivity index (χ4n) is 7.50. The quantitative estimate of drug-likeness (QED) is 0.171. The molecule has 1 amide bonds. The van der Waals surface area contributed by atoms with E-state index in [1.807, 2.05) is 40.2 Å². The van der Waals surface area contributed by atoms with Crippen molar-refractivity contribution in [3.8, 4) is 11.5 Å². The summed E-state index contributed by atoms with van der Waals surface area (Å²) >= 11 is 1.59. The van der Waals surface area contributed by atoms with Gasteiger partial charge in [-0.1, -0.05) is 30.4 Å². The van der Waals surface area contributed by atoms with Gasteiger partial charge in [-0.15, -0.1) is 11.8 Å². The van der Waals surface area contributed by atoms with Crippen LogP contribution in [0.2, 0.25) is 0 Å². The minimum atomic E-state index is -1.35. The smallest absolute Gasteiger partial charge is 0.492 e. The first-order chi connectivity index (χ1) is 25.5. The summed E-state index contributed by atoms with van der Waals surface area (Å²) in [7, 11) is 1.44. The molecule has 2 saturated heterocycles. The number of halogens is 1. The molecule has 1 saturated carbocycles. The molecular weight excluding hydrogens is 728 g/mol. The summed E-state index contributed by atoms with van der Waals surface area (Å²) in [6, 6.07) is 10.1. The molecule has 0 unspecified atom stereocenters. The van der Waals surface area contributed by atoms with Crippen molar-refractivity contribution in [2.75, 3.05) is 50.5 Å². The number of benzene rings is 2. The van der Waals surface area contributed by atoms with Gasteiger partial charge in [0.25, 0.3) is 5.91 Å². The second kappa shape index (κ2) is 16.8. The molecule has 0 radical (unpaired) electrons. The number of ether oxygens (including phenoxy) is 2. The van der Waals surface area contributed by atoms with Gasteiger partial charge in [0.2, 0.25) is 5.43 Å². The number of nitrogens with zero attached hydrogens (tertiary/aromatic N) is 3. The Labute approximate surface area is 337 Å². The minimum Gasteiger partial charge on any atom is -0.492 e. The molecule has 7 rings (SSSR count). The van der Waals surface area contributed by atoms with Crippen LogP contribution in [0.4, 0.5) is 10.1 Å². The number of aromatic nitrogens is 1. The number of hydrogen-bond acceptors (Lipinski definition) is 10. The predicted molar refractivity (Wildman–Crippen MR) is 198 cm³/mol. The average Bonchev–Trinajstić information content (AvgIpc) is 3.87. The number of allylic oxidation sites excluding steroid dienone is 1. The number of carboxylic acid groups (broad SMARTS) is 2. The van der Waals surface area contributed by atoms with Crippen LogP contribution >= 0.6 is 11.8 Å². The number of nitrogens with one attached hydrogen (secondary N) is 2. The van der Waals surface area contributed by atoms with Crippen LogP contribution in [0.15, 0.2) is 70.8 Å². The maximum Gasteiger partial charge on any atom is 1.00 e. The largest absolute Gasteiger partial charge is 1.00 e. The Morgan fingerprint density at radius 3 is 2.56 bits per heavy atom. The fraction of sp³-hybridized carbons (Fsp3) is 0.421. The van der Waals surface area contributed by atoms with Crippen molar-refractivity contribution in [1.29, 1.82) is 0 Å². The number of aliphatic carboxylic acids is 1. The Balaban J connectivity index is 0.00000497. The van der Waals surface area contributed by atoms with E-state index in [2.05, 4.69) is 17.6 Å². The second-order valence-electron chi connectivity index (χ2n) is 13.9. The molecule has 4 N–H and O–H groups in total. The molecule has 4 aliphatic rings. The molecule has 16 heteroatoms. The van der Waals surface area contributed by atoms with E-state index in [-0.39, 0.29) is 94.0 Å². The third kappa shape index (κ3) is 8.01. The molecule has 0 spiro atoms. The van der Waals surface area contributed by atoms with Gasteiger partial charge in [-0.25, -0.2) is 14.0 Å². The monoisotopic (exact) mass is 770 g/mol. The van der Waals surface area contributed by atoms with Crippen LogP contribution in [0.5, 0.6) is 11.5 Å². The Kier molecular flexibility index (Phi) is 12.3. The number of para-hydroxylation sites is 1. The van der Waals surface area contributed by atoms with Crippen molar-refractivity contribution < 1.29 is 68.0 Å². The minimum absolute atomic E-state index is 0. The Hall–Kier alpha value is -4.02. The van der Waals surface area contributed by atoms with Crippen molar-refractivity contribution in [3.05, 3.63) is 87.6 Å². The number of rotatable bonds is 14. The van der Waals surface area contributed by atoms with Crippen molar-refractivity contribution in [1.82, 2.24) is 20.1 Å². The molecular formula is C38H42FN5NaO8S+. The van der Waals surface area contributed by atoms with Gasteiger partial charge in [0.15, 0.2) is 18.2 Å². The fourth-order valence-corrected chi connectivity index (χ4v) is 8.84. The number of pyridine rings is 1. The Morgan fingerprint density at radius 2 is 1.87 bits per heavy atom. The van der Waals surface area contributed by atoms with Crippen LogP contribution < -0.4 is 60.0 Å². The molecule has 2 aromatic carbocycles. The number of fused-ring (bicyclic) bond motifs is 2. The SMILES string of the molecule is COc1c(N2CC[C@@H]([C@H](C)NC/C=C/C3=C(C(=O)O)N4C[C@@H](NC(=O)COc5ccccc5)[C@H]4SC3)C2)c(F)cc2c(=O)c(C(=O)O)cn(C3CC3)c12.[Na+]. The molecule has 4 heterocycles. The van der Waals surface area contributed by atoms with Gasteiger partial charge in [-0.3, -0.25) is 9.59 Å². The summed E-state index contributed by atoms with van der Waals surface area (Å²) in [5.41, 5.74) is 0.497. The van der Waals surface area contributed by atoms with Gasteiger partial charge in [0.1, 0.15) is 22.7 Å². The van der Waals surface area contributed by atoms with Crippen LogP contribution in [0, 0.1) is 11.7 Å². The molecule has 3 aliphatic heterocycles. The number of hydrogen-bond donors (Lipinski definition) is 4. The number of carboxylic acids is 2. The van der Waals surface area contributed by atoms with E-state index in [1.54, 1.807) is 28.5 Å². The van der Waals surface area contributed by atoms with E-state index in [0.29, 0.717) is 48.8 Å². The van der Waals surface area contributed by atoms with Crippen molar-refractivity contribution in [2.24, 2.45) is 5.92 Å². The summed E-state index contributed by atoms with van der Waals surface area (Å²) in [6.07, 6.45) is 7.55. The van der Waals surface area contributed by atoms with E-state index in [0.717, 1.165) is 25.3 Å². The van der Waals surface area contributed by atoms with Gasteiger partial charge in [-0.2, -0.15) is 0 Å². The first kappa shape index (κ1) is 39.7. The third-order valence-electron chi connectivity index (χ3n) is 10.4. The number of aromatic carboxylic acids is 1. The van der Waals surface area contributed by atoms with Gasteiger partial charge in [0, 0.05) is 50.2 Å². The van der Waals surface area contributed by atoms with Gasteiger partial charge in [0.05, 0.1) is 29.4 Å². The van der Waals surface area contributed by atoms with Crippen molar-refractivity contribution >= 4 is 46.2 Å². The first-order valence-corrected chi connectivity index (χ1v) is 18.8. The summed E-state index contributed by atoms with van der Waals surface area (Å²) < 4.78 is 28.9. The summed E-state index contributed by atoms with van der Waals surface area (Å²) in [6.45, 7) is 3.94. The zero-order valence-electron chi connectivity index (χ0n) is 30.4. The summed E-state index contributed by atoms with van der Waals surface area (Å²) in [5, 5.41) is 26.0. The van der Waals surface area contributed by atoms with Gasteiger partial charge >= 0.3 is 41.5 Å². The first-order valence-electron chi connectivity index (χ1n) is 17.7. The second-order valence-corrected chi connectivity index (χ2v) is 15.0. The molecule has 0 bridgehead atoms. The van der Waals surface area contributed by atoms with E-state index in [4.69, 9.17) is 9.47 Å². The van der Waals surface area contributed by atoms with Crippen molar-refractivity contribution in [2.45, 2.75) is 49.7 Å². The maximum atomic E-state index is 15.8. The molecule has 3 aromatic rings. The molecule has 1 aromatic heterocycles. The zero-order valence-corrected chi connectivity index (χ0v) is 33.2. The molecule has 13 nitrogen and oxygen atoms in total. The third-order valence-corrected chi connectivity index (χ3v) is 11.8. The maximum absolute atomic E-state index is 15.8. The van der Waals surface area contributed by atoms with Gasteiger partial charge in [-0.05, 0) is 55.9 Å². The van der Waals surface area contributed by atoms with E-state index in [9.17, 15) is 29.4 Å². The number of carbonyl (C=O) groups is 3. The molecule has 1 aliphatic carbocycles. The van der Waals surface area contributed by atoms with Crippen LogP contribution in [0.3, 0.4) is 0 Å². The molecule has 4 atom stereocenters. The number of carbonyl (C=O) groups excluding carboxylic acids is 1. The number of methoxy groups -OCH3 is 1. The van der Waals surface area contributed by atoms with Crippen LogP contribution in [-0.2, 0) is 9.59 Å². The molecule has 280 valence electrons. The average molecular weight is 771 g/mol.